The molecule has 7 heteroatoms. The number of halogens is 2. The highest BCUT2D eigenvalue weighted by atomic mass is 19.2. The van der Waals surface area contributed by atoms with E-state index in [0.29, 0.717) is 6.42 Å². The van der Waals surface area contributed by atoms with E-state index in [1.54, 1.807) is 17.0 Å². The fraction of sp³-hybridized carbons (Fsp3) is 0.214. The molecule has 0 unspecified atom stereocenters. The first kappa shape index (κ1) is 13.4. The van der Waals surface area contributed by atoms with Crippen LogP contribution in [-0.2, 0) is 18.3 Å². The molecule has 0 bridgehead atoms. The van der Waals surface area contributed by atoms with E-state index < -0.39 is 23.3 Å². The normalized spacial score (nSPS) is 14.0. The average Bonchev–Trinajstić information content (AvgIpc) is 2.95. The molecular weight excluding hydrogens is 280 g/mol. The molecule has 3 rings (SSSR count). The minimum absolute atomic E-state index is 0.0984. The Morgan fingerprint density at radius 3 is 2.57 bits per heavy atom. The molecule has 1 aromatic heterocycles. The molecule has 2 aromatic rings. The van der Waals surface area contributed by atoms with E-state index in [4.69, 9.17) is 0 Å². The predicted molar refractivity (Wildman–Crippen MR) is 70.0 cm³/mol. The summed E-state index contributed by atoms with van der Waals surface area (Å²) in [5.41, 5.74) is 0.0110. The molecule has 0 fully saturated rings. The summed E-state index contributed by atoms with van der Waals surface area (Å²) in [5, 5.41) is 0. The molecule has 1 aliphatic heterocycles. The van der Waals surface area contributed by atoms with Crippen LogP contribution in [0.4, 0.5) is 14.5 Å². The van der Waals surface area contributed by atoms with Crippen LogP contribution in [0.1, 0.15) is 16.2 Å². The van der Waals surface area contributed by atoms with Crippen LogP contribution in [0.3, 0.4) is 0 Å². The van der Waals surface area contributed by atoms with E-state index in [1.807, 2.05) is 7.05 Å². The van der Waals surface area contributed by atoms with Crippen molar-refractivity contribution in [2.75, 3.05) is 11.4 Å². The Balaban J connectivity index is 1.90. The number of aryl methyl sites for hydroxylation is 1. The monoisotopic (exact) mass is 291 g/mol. The molecule has 5 nitrogen and oxygen atoms in total. The van der Waals surface area contributed by atoms with Crippen molar-refractivity contribution in [3.8, 4) is 0 Å². The van der Waals surface area contributed by atoms with Crippen molar-refractivity contribution >= 4 is 17.4 Å². The number of rotatable bonds is 3. The second kappa shape index (κ2) is 4.76. The van der Waals surface area contributed by atoms with Gasteiger partial charge in [-0.2, -0.15) is 0 Å². The Bertz CT molecular complexity index is 755. The molecule has 0 spiro atoms. The molecule has 0 saturated carbocycles. The number of Topliss-reactive ketones (excluding diaryl/α,β-unsaturated/α-hetero) is 1. The van der Waals surface area contributed by atoms with Gasteiger partial charge in [0.15, 0.2) is 11.6 Å². The van der Waals surface area contributed by atoms with E-state index in [-0.39, 0.29) is 17.8 Å². The van der Waals surface area contributed by atoms with E-state index >= 15 is 0 Å². The van der Waals surface area contributed by atoms with Gasteiger partial charge in [-0.25, -0.2) is 13.8 Å². The minimum Gasteiger partial charge on any atom is -0.338 e. The van der Waals surface area contributed by atoms with Crippen LogP contribution in [-0.4, -0.2) is 27.8 Å². The quantitative estimate of drug-likeness (QED) is 0.805. The molecule has 2 heterocycles. The van der Waals surface area contributed by atoms with E-state index in [9.17, 15) is 18.4 Å². The highest BCUT2D eigenvalue weighted by Crippen LogP contribution is 2.31. The fourth-order valence-electron chi connectivity index (χ4n) is 2.36. The Morgan fingerprint density at radius 1 is 1.19 bits per heavy atom. The van der Waals surface area contributed by atoms with Crippen molar-refractivity contribution in [1.29, 1.82) is 0 Å². The van der Waals surface area contributed by atoms with E-state index in [1.165, 1.54) is 0 Å². The molecule has 0 atom stereocenters. The van der Waals surface area contributed by atoms with Crippen LogP contribution < -0.4 is 4.90 Å². The third-order valence-electron chi connectivity index (χ3n) is 3.49. The number of imidazole rings is 1. The zero-order valence-electron chi connectivity index (χ0n) is 11.1. The number of amides is 1. The maximum atomic E-state index is 13.3. The highest BCUT2D eigenvalue weighted by Gasteiger charge is 2.36. The number of hydrogen-bond donors (Lipinski definition) is 0. The van der Waals surface area contributed by atoms with Gasteiger partial charge in [-0.15, -0.1) is 0 Å². The molecular formula is C14H11F2N3O2. The number of anilines is 1. The molecule has 0 radical (unpaired) electrons. The topological polar surface area (TPSA) is 55.2 Å². The first-order valence-electron chi connectivity index (χ1n) is 6.30. The number of aromatic nitrogens is 2. The van der Waals surface area contributed by atoms with E-state index in [0.717, 1.165) is 22.9 Å². The lowest BCUT2D eigenvalue weighted by atomic mass is 10.1. The van der Waals surface area contributed by atoms with Gasteiger partial charge < -0.3 is 9.47 Å². The molecule has 0 aliphatic carbocycles. The van der Waals surface area contributed by atoms with Gasteiger partial charge in [0.1, 0.15) is 5.82 Å². The van der Waals surface area contributed by atoms with Gasteiger partial charge in [-0.05, 0) is 6.07 Å². The number of carbonyl (C=O) groups excluding carboxylic acids is 2. The SMILES string of the molecule is Cn1ccnc1CCN1C(=O)C(=O)c2cc(F)c(F)cc21. The lowest BCUT2D eigenvalue weighted by molar-refractivity contribution is -0.114. The molecule has 108 valence electrons. The van der Waals surface area contributed by atoms with Crippen molar-refractivity contribution < 1.29 is 18.4 Å². The summed E-state index contributed by atoms with van der Waals surface area (Å²) in [7, 11) is 1.81. The minimum atomic E-state index is -1.14. The summed E-state index contributed by atoms with van der Waals surface area (Å²) in [4.78, 5) is 29.0. The van der Waals surface area contributed by atoms with Crippen molar-refractivity contribution in [3.05, 3.63) is 47.5 Å². The fourth-order valence-corrected chi connectivity index (χ4v) is 2.36. The van der Waals surface area contributed by atoms with Gasteiger partial charge in [0.25, 0.3) is 11.7 Å². The predicted octanol–water partition coefficient (Wildman–Crippen LogP) is 1.47. The molecule has 0 saturated heterocycles. The summed E-state index contributed by atoms with van der Waals surface area (Å²) in [6, 6.07) is 1.65. The van der Waals surface area contributed by atoms with Gasteiger partial charge in [0.2, 0.25) is 0 Å². The highest BCUT2D eigenvalue weighted by molar-refractivity contribution is 6.52. The maximum absolute atomic E-state index is 13.3. The van der Waals surface area contributed by atoms with Gasteiger partial charge >= 0.3 is 0 Å². The summed E-state index contributed by atoms with van der Waals surface area (Å²) >= 11 is 0. The number of nitrogens with zero attached hydrogens (tertiary/aromatic N) is 3. The van der Waals surface area contributed by atoms with Crippen LogP contribution in [0.25, 0.3) is 0 Å². The average molecular weight is 291 g/mol. The second-order valence-corrected chi connectivity index (χ2v) is 4.77. The summed E-state index contributed by atoms with van der Waals surface area (Å²) in [6.45, 7) is 0.174. The Morgan fingerprint density at radius 2 is 1.90 bits per heavy atom. The zero-order valence-corrected chi connectivity index (χ0v) is 11.1. The smallest absolute Gasteiger partial charge is 0.299 e. The van der Waals surface area contributed by atoms with E-state index in [2.05, 4.69) is 4.98 Å². The molecule has 1 amide bonds. The molecule has 1 aromatic carbocycles. The second-order valence-electron chi connectivity index (χ2n) is 4.77. The molecule has 1 aliphatic rings. The standard InChI is InChI=1S/C14H11F2N3O2/c1-18-5-3-17-12(18)2-4-19-11-7-10(16)9(15)6-8(11)13(20)14(19)21/h3,5-7H,2,4H2,1H3. The summed E-state index contributed by atoms with van der Waals surface area (Å²) in [6.07, 6.45) is 3.78. The number of hydrogen-bond acceptors (Lipinski definition) is 3. The lowest BCUT2D eigenvalue weighted by Gasteiger charge is -2.16. The Hall–Kier alpha value is -2.57. The van der Waals surface area contributed by atoms with Gasteiger partial charge in [-0.3, -0.25) is 9.59 Å². The Kier molecular flexibility index (Phi) is 3.04. The van der Waals surface area contributed by atoms with Crippen molar-refractivity contribution in [3.63, 3.8) is 0 Å². The number of ketones is 1. The van der Waals surface area contributed by atoms with Crippen LogP contribution in [0.15, 0.2) is 24.5 Å². The first-order valence-corrected chi connectivity index (χ1v) is 6.30. The van der Waals surface area contributed by atoms with Gasteiger partial charge in [-0.1, -0.05) is 0 Å². The zero-order chi connectivity index (χ0) is 15.1. The number of benzene rings is 1. The van der Waals surface area contributed by atoms with Crippen molar-refractivity contribution in [2.24, 2.45) is 7.05 Å². The lowest BCUT2D eigenvalue weighted by Crippen LogP contribution is -2.32. The van der Waals surface area contributed by atoms with Crippen molar-refractivity contribution in [1.82, 2.24) is 9.55 Å². The summed E-state index contributed by atoms with van der Waals surface area (Å²) < 4.78 is 28.3. The first-order chi connectivity index (χ1) is 9.99. The number of fused-ring (bicyclic) bond motifs is 1. The largest absolute Gasteiger partial charge is 0.338 e. The van der Waals surface area contributed by atoms with Crippen LogP contribution in [0, 0.1) is 11.6 Å². The van der Waals surface area contributed by atoms with Gasteiger partial charge in [0, 0.05) is 38.5 Å². The number of carbonyl (C=O) groups is 2. The third kappa shape index (κ3) is 2.10. The van der Waals surface area contributed by atoms with Crippen LogP contribution in [0.5, 0.6) is 0 Å². The van der Waals surface area contributed by atoms with Crippen molar-refractivity contribution in [2.45, 2.75) is 6.42 Å². The van der Waals surface area contributed by atoms with Crippen LogP contribution in [0.2, 0.25) is 0 Å². The maximum Gasteiger partial charge on any atom is 0.299 e. The van der Waals surface area contributed by atoms with Gasteiger partial charge in [0.05, 0.1) is 11.3 Å². The molecule has 0 N–H and O–H groups in total. The van der Waals surface area contributed by atoms with Crippen LogP contribution >= 0.6 is 0 Å². The third-order valence-corrected chi connectivity index (χ3v) is 3.49. The molecule has 21 heavy (non-hydrogen) atoms. The Labute approximate surface area is 118 Å². The summed E-state index contributed by atoms with van der Waals surface area (Å²) in [5.74, 6) is -3.08.